The minimum atomic E-state index is -0.198. The van der Waals surface area contributed by atoms with E-state index in [0.29, 0.717) is 29.2 Å². The van der Waals surface area contributed by atoms with Crippen LogP contribution in [-0.2, 0) is 6.54 Å². The monoisotopic (exact) mass is 510 g/mol. The van der Waals surface area contributed by atoms with Gasteiger partial charge in [0.15, 0.2) is 0 Å². The van der Waals surface area contributed by atoms with E-state index in [2.05, 4.69) is 52.9 Å². The zero-order chi connectivity index (χ0) is 26.6. The molecule has 0 aliphatic carbocycles. The summed E-state index contributed by atoms with van der Waals surface area (Å²) in [5.74, 6) is 0.552. The van der Waals surface area contributed by atoms with Gasteiger partial charge in [-0.2, -0.15) is 0 Å². The van der Waals surface area contributed by atoms with Gasteiger partial charge in [0.1, 0.15) is 11.4 Å². The van der Waals surface area contributed by atoms with Gasteiger partial charge < -0.3 is 24.4 Å². The van der Waals surface area contributed by atoms with Crippen LogP contribution in [-0.4, -0.2) is 66.0 Å². The molecule has 3 aromatic carbocycles. The summed E-state index contributed by atoms with van der Waals surface area (Å²) < 4.78 is 7.29. The van der Waals surface area contributed by atoms with E-state index < -0.39 is 0 Å². The summed E-state index contributed by atoms with van der Waals surface area (Å²) in [6.45, 7) is 9.06. The first-order chi connectivity index (χ1) is 18.4. The molecule has 0 bridgehead atoms. The van der Waals surface area contributed by atoms with Crippen molar-refractivity contribution in [3.63, 3.8) is 0 Å². The number of likely N-dealkylation sites (N-methyl/N-ethyl adjacent to an activating group) is 1. The van der Waals surface area contributed by atoms with E-state index >= 15 is 0 Å². The molecule has 0 saturated carbocycles. The van der Waals surface area contributed by atoms with E-state index in [9.17, 15) is 9.59 Å². The number of carbonyl (C=O) groups excluding carboxylic acids is 2. The van der Waals surface area contributed by atoms with Crippen molar-refractivity contribution in [3.05, 3.63) is 95.2 Å². The zero-order valence-electron chi connectivity index (χ0n) is 22.2. The summed E-state index contributed by atoms with van der Waals surface area (Å²) in [6, 6.07) is 23.2. The predicted octanol–water partition coefficient (Wildman–Crippen LogP) is 5.04. The number of benzene rings is 3. The smallest absolute Gasteiger partial charge is 0.270 e. The number of ether oxygens (including phenoxy) is 1. The summed E-state index contributed by atoms with van der Waals surface area (Å²) >= 11 is 0. The van der Waals surface area contributed by atoms with E-state index in [-0.39, 0.29) is 11.8 Å². The Morgan fingerprint density at radius 3 is 2.37 bits per heavy atom. The fourth-order valence-electron chi connectivity index (χ4n) is 5.06. The van der Waals surface area contributed by atoms with Gasteiger partial charge in [0, 0.05) is 54.9 Å². The Bertz CT molecular complexity index is 1450. The molecule has 196 valence electrons. The van der Waals surface area contributed by atoms with Crippen molar-refractivity contribution in [1.82, 2.24) is 14.4 Å². The first-order valence-corrected chi connectivity index (χ1v) is 13.1. The third kappa shape index (κ3) is 5.43. The number of methoxy groups -OCH3 is 1. The topological polar surface area (TPSA) is 66.8 Å². The van der Waals surface area contributed by atoms with Gasteiger partial charge in [0.05, 0.1) is 7.11 Å². The average molecular weight is 511 g/mol. The number of nitrogens with one attached hydrogen (secondary N) is 1. The van der Waals surface area contributed by atoms with E-state index in [1.807, 2.05) is 29.2 Å². The third-order valence-electron chi connectivity index (χ3n) is 7.26. The maximum atomic E-state index is 13.7. The standard InChI is InChI=1S/C31H34N4O3/c1-4-33-14-16-34(17-15-33)31(37)29-20-25-19-26(32-30(36)24-8-11-27(38-3)12-9-24)10-13-28(25)35(29)21-23-7-5-6-22(2)18-23/h5-13,18-20H,4,14-17,21H2,1-3H3,(H,32,36). The Labute approximate surface area is 223 Å². The molecule has 7 nitrogen and oxygen atoms in total. The lowest BCUT2D eigenvalue weighted by Crippen LogP contribution is -2.48. The fourth-order valence-corrected chi connectivity index (χ4v) is 5.06. The fraction of sp³-hybridized carbons (Fsp3) is 0.290. The van der Waals surface area contributed by atoms with Crippen LogP contribution in [0, 0.1) is 6.92 Å². The number of amides is 2. The summed E-state index contributed by atoms with van der Waals surface area (Å²) in [6.07, 6.45) is 0. The summed E-state index contributed by atoms with van der Waals surface area (Å²) in [5, 5.41) is 3.91. The van der Waals surface area contributed by atoms with Crippen molar-refractivity contribution in [2.24, 2.45) is 0 Å². The highest BCUT2D eigenvalue weighted by Gasteiger charge is 2.25. The molecular formula is C31H34N4O3. The van der Waals surface area contributed by atoms with Gasteiger partial charge in [0.25, 0.3) is 11.8 Å². The minimum Gasteiger partial charge on any atom is -0.497 e. The lowest BCUT2D eigenvalue weighted by Gasteiger charge is -2.34. The molecule has 2 amide bonds. The number of anilines is 1. The minimum absolute atomic E-state index is 0.0495. The molecule has 1 fully saturated rings. The van der Waals surface area contributed by atoms with Crippen molar-refractivity contribution in [2.75, 3.05) is 45.2 Å². The van der Waals surface area contributed by atoms with Gasteiger partial charge in [-0.05, 0) is 67.6 Å². The molecule has 7 heteroatoms. The molecule has 0 atom stereocenters. The van der Waals surface area contributed by atoms with Gasteiger partial charge in [-0.1, -0.05) is 36.8 Å². The number of nitrogens with zero attached hydrogens (tertiary/aromatic N) is 3. The summed E-state index contributed by atoms with van der Waals surface area (Å²) in [7, 11) is 1.60. The van der Waals surface area contributed by atoms with Crippen LogP contribution in [0.4, 0.5) is 5.69 Å². The Morgan fingerprint density at radius 1 is 0.921 bits per heavy atom. The van der Waals surface area contributed by atoms with Gasteiger partial charge in [-0.15, -0.1) is 0 Å². The quantitative estimate of drug-likeness (QED) is 0.379. The van der Waals surface area contributed by atoms with Crippen LogP contribution >= 0.6 is 0 Å². The largest absolute Gasteiger partial charge is 0.497 e. The SMILES string of the molecule is CCN1CCN(C(=O)c2cc3cc(NC(=O)c4ccc(OC)cc4)ccc3n2Cc2cccc(C)c2)CC1. The van der Waals surface area contributed by atoms with Crippen LogP contribution in [0.15, 0.2) is 72.8 Å². The van der Waals surface area contributed by atoms with E-state index in [0.717, 1.165) is 49.2 Å². The van der Waals surface area contributed by atoms with Crippen LogP contribution in [0.25, 0.3) is 10.9 Å². The maximum Gasteiger partial charge on any atom is 0.270 e. The van der Waals surface area contributed by atoms with Crippen molar-refractivity contribution < 1.29 is 14.3 Å². The zero-order valence-corrected chi connectivity index (χ0v) is 22.2. The molecule has 4 aromatic rings. The lowest BCUT2D eigenvalue weighted by atomic mass is 10.1. The van der Waals surface area contributed by atoms with Crippen LogP contribution < -0.4 is 10.1 Å². The van der Waals surface area contributed by atoms with E-state index in [1.54, 1.807) is 31.4 Å². The number of hydrogen-bond donors (Lipinski definition) is 1. The molecule has 38 heavy (non-hydrogen) atoms. The van der Waals surface area contributed by atoms with Crippen LogP contribution in [0.5, 0.6) is 5.75 Å². The van der Waals surface area contributed by atoms with Crippen molar-refractivity contribution in [2.45, 2.75) is 20.4 Å². The number of piperazine rings is 1. The summed E-state index contributed by atoms with van der Waals surface area (Å²) in [5.41, 5.74) is 5.19. The second-order valence-corrected chi connectivity index (χ2v) is 9.79. The second kappa shape index (κ2) is 11.1. The summed E-state index contributed by atoms with van der Waals surface area (Å²) in [4.78, 5) is 30.9. The van der Waals surface area contributed by atoms with Crippen molar-refractivity contribution in [3.8, 4) is 5.75 Å². The van der Waals surface area contributed by atoms with Gasteiger partial charge >= 0.3 is 0 Å². The van der Waals surface area contributed by atoms with Gasteiger partial charge in [-0.25, -0.2) is 0 Å². The maximum absolute atomic E-state index is 13.7. The Kier molecular flexibility index (Phi) is 7.47. The highest BCUT2D eigenvalue weighted by atomic mass is 16.5. The van der Waals surface area contributed by atoms with Gasteiger partial charge in [0.2, 0.25) is 0 Å². The van der Waals surface area contributed by atoms with Crippen molar-refractivity contribution in [1.29, 1.82) is 0 Å². The molecular weight excluding hydrogens is 476 g/mol. The van der Waals surface area contributed by atoms with E-state index in [1.165, 1.54) is 5.56 Å². The molecule has 1 aliphatic rings. The Balaban J connectivity index is 1.46. The molecule has 5 rings (SSSR count). The van der Waals surface area contributed by atoms with E-state index in [4.69, 9.17) is 4.74 Å². The Hall–Kier alpha value is -4.10. The number of aryl methyl sites for hydroxylation is 1. The first kappa shape index (κ1) is 25.5. The predicted molar refractivity (Wildman–Crippen MR) is 151 cm³/mol. The molecule has 1 aromatic heterocycles. The highest BCUT2D eigenvalue weighted by molar-refractivity contribution is 6.06. The molecule has 0 radical (unpaired) electrons. The average Bonchev–Trinajstić information content (AvgIpc) is 3.30. The Morgan fingerprint density at radius 2 is 1.68 bits per heavy atom. The molecule has 0 unspecified atom stereocenters. The molecule has 0 spiro atoms. The second-order valence-electron chi connectivity index (χ2n) is 9.79. The molecule has 2 heterocycles. The van der Waals surface area contributed by atoms with Crippen LogP contribution in [0.3, 0.4) is 0 Å². The van der Waals surface area contributed by atoms with Gasteiger partial charge in [-0.3, -0.25) is 9.59 Å². The molecule has 1 N–H and O–H groups in total. The molecule has 1 saturated heterocycles. The van der Waals surface area contributed by atoms with Crippen molar-refractivity contribution >= 4 is 28.4 Å². The number of carbonyl (C=O) groups is 2. The number of fused-ring (bicyclic) bond motifs is 1. The third-order valence-corrected chi connectivity index (χ3v) is 7.26. The number of aromatic nitrogens is 1. The lowest BCUT2D eigenvalue weighted by molar-refractivity contribution is 0.0633. The van der Waals surface area contributed by atoms with Crippen LogP contribution in [0.2, 0.25) is 0 Å². The molecule has 1 aliphatic heterocycles. The number of hydrogen-bond acceptors (Lipinski definition) is 4. The normalized spacial score (nSPS) is 14.0. The number of rotatable bonds is 7. The first-order valence-electron chi connectivity index (χ1n) is 13.1. The van der Waals surface area contributed by atoms with Crippen LogP contribution in [0.1, 0.15) is 38.9 Å². The highest BCUT2D eigenvalue weighted by Crippen LogP contribution is 2.27.